The molecule has 0 atom stereocenters. The standard InChI is InChI=1S/C10H13F5O4/c1-2-8(16)18-6-9(12,13)10(14,15)19-5-3-4-17-7-11/h2H,1,3-7H2. The number of hydrogen-bond donors (Lipinski definition) is 0. The summed E-state index contributed by atoms with van der Waals surface area (Å²) in [6.07, 6.45) is -4.45. The summed E-state index contributed by atoms with van der Waals surface area (Å²) in [4.78, 5) is 10.5. The van der Waals surface area contributed by atoms with Crippen LogP contribution >= 0.6 is 0 Å². The third-order valence-corrected chi connectivity index (χ3v) is 1.78. The molecule has 112 valence electrons. The Kier molecular flexibility index (Phi) is 7.53. The Labute approximate surface area is 106 Å². The van der Waals surface area contributed by atoms with Crippen molar-refractivity contribution in [3.8, 4) is 0 Å². The van der Waals surface area contributed by atoms with Crippen molar-refractivity contribution >= 4 is 5.97 Å². The van der Waals surface area contributed by atoms with E-state index in [0.717, 1.165) is 0 Å². The molecule has 0 aromatic heterocycles. The zero-order valence-corrected chi connectivity index (χ0v) is 9.84. The zero-order chi connectivity index (χ0) is 14.9. The van der Waals surface area contributed by atoms with Gasteiger partial charge in [-0.1, -0.05) is 6.58 Å². The Balaban J connectivity index is 4.18. The fourth-order valence-electron chi connectivity index (χ4n) is 0.826. The first-order chi connectivity index (χ1) is 8.77. The highest BCUT2D eigenvalue weighted by Gasteiger charge is 2.58. The van der Waals surface area contributed by atoms with Crippen LogP contribution in [0, 0.1) is 0 Å². The summed E-state index contributed by atoms with van der Waals surface area (Å²) in [5.74, 6) is -5.95. The fraction of sp³-hybridized carbons (Fsp3) is 0.700. The van der Waals surface area contributed by atoms with Gasteiger partial charge in [0.1, 0.15) is 0 Å². The number of carbonyl (C=O) groups is 1. The molecule has 0 aromatic rings. The van der Waals surface area contributed by atoms with Crippen molar-refractivity contribution in [2.75, 3.05) is 26.7 Å². The molecule has 0 fully saturated rings. The lowest BCUT2D eigenvalue weighted by molar-refractivity contribution is -0.354. The third-order valence-electron chi connectivity index (χ3n) is 1.78. The Bertz CT molecular complexity index is 296. The highest BCUT2D eigenvalue weighted by Crippen LogP contribution is 2.35. The lowest BCUT2D eigenvalue weighted by Gasteiger charge is -2.25. The minimum Gasteiger partial charge on any atom is -0.456 e. The predicted octanol–water partition coefficient (Wildman–Crippen LogP) is 2.29. The Hall–Kier alpha value is -1.22. The molecule has 0 rings (SSSR count). The molecule has 0 radical (unpaired) electrons. The van der Waals surface area contributed by atoms with E-state index in [1.165, 1.54) is 0 Å². The molecule has 0 spiro atoms. The van der Waals surface area contributed by atoms with E-state index >= 15 is 0 Å². The van der Waals surface area contributed by atoms with Crippen LogP contribution in [0.4, 0.5) is 22.0 Å². The maximum atomic E-state index is 13.0. The van der Waals surface area contributed by atoms with E-state index in [9.17, 15) is 26.7 Å². The molecule has 0 saturated carbocycles. The molecular formula is C10H13F5O4. The lowest BCUT2D eigenvalue weighted by Crippen LogP contribution is -2.46. The molecule has 19 heavy (non-hydrogen) atoms. The summed E-state index contributed by atoms with van der Waals surface area (Å²) in [6, 6.07) is 0. The van der Waals surface area contributed by atoms with Crippen molar-refractivity contribution in [1.29, 1.82) is 0 Å². The van der Waals surface area contributed by atoms with Gasteiger partial charge in [0.05, 0.1) is 13.2 Å². The molecule has 0 aliphatic carbocycles. The van der Waals surface area contributed by atoms with Crippen LogP contribution in [0.1, 0.15) is 6.42 Å². The number of carbonyl (C=O) groups excluding carboxylic acids is 1. The van der Waals surface area contributed by atoms with Gasteiger partial charge in [-0.3, -0.25) is 0 Å². The van der Waals surface area contributed by atoms with Crippen molar-refractivity contribution in [3.63, 3.8) is 0 Å². The number of ether oxygens (including phenoxy) is 3. The van der Waals surface area contributed by atoms with Gasteiger partial charge >= 0.3 is 18.0 Å². The summed E-state index contributed by atoms with van der Waals surface area (Å²) in [5, 5.41) is 0. The molecular weight excluding hydrogens is 279 g/mol. The SMILES string of the molecule is C=CC(=O)OCC(F)(F)C(F)(F)OCCCOCF. The van der Waals surface area contributed by atoms with E-state index in [-0.39, 0.29) is 13.0 Å². The van der Waals surface area contributed by atoms with Gasteiger partial charge in [0.15, 0.2) is 13.5 Å². The Morgan fingerprint density at radius 2 is 1.84 bits per heavy atom. The van der Waals surface area contributed by atoms with Gasteiger partial charge < -0.3 is 14.2 Å². The second-order valence-electron chi connectivity index (χ2n) is 3.25. The molecule has 0 saturated heterocycles. The minimum atomic E-state index is -4.82. The molecule has 4 nitrogen and oxygen atoms in total. The monoisotopic (exact) mass is 292 g/mol. The minimum absolute atomic E-state index is 0.192. The van der Waals surface area contributed by atoms with Crippen LogP contribution in [0.5, 0.6) is 0 Å². The van der Waals surface area contributed by atoms with Crippen molar-refractivity contribution in [1.82, 2.24) is 0 Å². The second-order valence-corrected chi connectivity index (χ2v) is 3.25. The van der Waals surface area contributed by atoms with Crippen molar-refractivity contribution < 1.29 is 41.0 Å². The number of esters is 1. The van der Waals surface area contributed by atoms with E-state index in [2.05, 4.69) is 20.8 Å². The van der Waals surface area contributed by atoms with E-state index in [0.29, 0.717) is 6.08 Å². The Morgan fingerprint density at radius 3 is 2.37 bits per heavy atom. The highest BCUT2D eigenvalue weighted by atomic mass is 19.3. The average Bonchev–Trinajstić information content (AvgIpc) is 2.35. The topological polar surface area (TPSA) is 44.8 Å². The lowest BCUT2D eigenvalue weighted by atomic mass is 10.3. The number of hydrogen-bond acceptors (Lipinski definition) is 4. The maximum Gasteiger partial charge on any atom is 0.422 e. The first-order valence-electron chi connectivity index (χ1n) is 5.09. The fourth-order valence-corrected chi connectivity index (χ4v) is 0.826. The summed E-state index contributed by atoms with van der Waals surface area (Å²) in [6.45, 7) is -1.04. The van der Waals surface area contributed by atoms with Crippen LogP contribution in [0.2, 0.25) is 0 Å². The third kappa shape index (κ3) is 6.48. The van der Waals surface area contributed by atoms with Gasteiger partial charge in [-0.2, -0.15) is 17.6 Å². The van der Waals surface area contributed by atoms with E-state index < -0.39 is 38.1 Å². The normalized spacial score (nSPS) is 12.3. The van der Waals surface area contributed by atoms with E-state index in [1.807, 2.05) is 0 Å². The van der Waals surface area contributed by atoms with Crippen LogP contribution in [0.3, 0.4) is 0 Å². The first-order valence-corrected chi connectivity index (χ1v) is 5.09. The van der Waals surface area contributed by atoms with E-state index in [4.69, 9.17) is 0 Å². The zero-order valence-electron chi connectivity index (χ0n) is 9.84. The molecule has 0 heterocycles. The average molecular weight is 292 g/mol. The smallest absolute Gasteiger partial charge is 0.422 e. The van der Waals surface area contributed by atoms with Crippen molar-refractivity contribution in [3.05, 3.63) is 12.7 Å². The summed E-state index contributed by atoms with van der Waals surface area (Å²) >= 11 is 0. The molecule has 0 N–H and O–H groups in total. The van der Waals surface area contributed by atoms with Gasteiger partial charge in [0.2, 0.25) is 0 Å². The van der Waals surface area contributed by atoms with Crippen LogP contribution in [-0.4, -0.2) is 44.7 Å². The van der Waals surface area contributed by atoms with Gasteiger partial charge in [-0.05, 0) is 6.42 Å². The van der Waals surface area contributed by atoms with Gasteiger partial charge in [0.25, 0.3) is 0 Å². The number of alkyl halides is 5. The highest BCUT2D eigenvalue weighted by molar-refractivity contribution is 5.81. The summed E-state index contributed by atoms with van der Waals surface area (Å²) < 4.78 is 75.1. The second kappa shape index (κ2) is 8.05. The summed E-state index contributed by atoms with van der Waals surface area (Å²) in [5.41, 5.74) is 0. The quantitative estimate of drug-likeness (QED) is 0.268. The van der Waals surface area contributed by atoms with Crippen LogP contribution < -0.4 is 0 Å². The molecule has 0 unspecified atom stereocenters. The first kappa shape index (κ1) is 17.8. The molecule has 0 aliphatic heterocycles. The molecule has 0 aromatic carbocycles. The molecule has 0 bridgehead atoms. The Morgan fingerprint density at radius 1 is 1.21 bits per heavy atom. The largest absolute Gasteiger partial charge is 0.456 e. The van der Waals surface area contributed by atoms with Gasteiger partial charge in [-0.25, -0.2) is 9.18 Å². The molecule has 0 aliphatic rings. The van der Waals surface area contributed by atoms with E-state index in [1.54, 1.807) is 0 Å². The van der Waals surface area contributed by atoms with Gasteiger partial charge in [-0.15, -0.1) is 0 Å². The summed E-state index contributed by atoms with van der Waals surface area (Å²) in [7, 11) is 0. The van der Waals surface area contributed by atoms with Crippen LogP contribution in [0.15, 0.2) is 12.7 Å². The molecule has 0 amide bonds. The molecule has 9 heteroatoms. The van der Waals surface area contributed by atoms with Crippen LogP contribution in [-0.2, 0) is 19.0 Å². The predicted molar refractivity (Wildman–Crippen MR) is 53.5 cm³/mol. The number of halogens is 5. The van der Waals surface area contributed by atoms with Gasteiger partial charge in [0, 0.05) is 6.08 Å². The van der Waals surface area contributed by atoms with Crippen molar-refractivity contribution in [2.24, 2.45) is 0 Å². The maximum absolute atomic E-state index is 13.0. The number of rotatable bonds is 10. The van der Waals surface area contributed by atoms with Crippen molar-refractivity contribution in [2.45, 2.75) is 18.5 Å². The van der Waals surface area contributed by atoms with Crippen LogP contribution in [0.25, 0.3) is 0 Å².